The number of anilines is 1. The van der Waals surface area contributed by atoms with Gasteiger partial charge in [0.05, 0.1) is 0 Å². The molecule has 1 amide bonds. The number of nitrogens with one attached hydrogen (secondary N) is 1. The highest BCUT2D eigenvalue weighted by molar-refractivity contribution is 6.30. The average Bonchev–Trinajstić information content (AvgIpc) is 2.63. The minimum atomic E-state index is -0.243. The van der Waals surface area contributed by atoms with Crippen molar-refractivity contribution in [2.24, 2.45) is 0 Å². The lowest BCUT2D eigenvalue weighted by Gasteiger charge is -2.09. The van der Waals surface area contributed by atoms with Gasteiger partial charge >= 0.3 is 0 Å². The zero-order valence-corrected chi connectivity index (χ0v) is 15.0. The lowest BCUT2D eigenvalue weighted by atomic mass is 10.2. The third-order valence-electron chi connectivity index (χ3n) is 3.55. The first kappa shape index (κ1) is 17.8. The number of amides is 1. The summed E-state index contributed by atoms with van der Waals surface area (Å²) in [5.41, 5.74) is 1.80. The molecule has 0 spiro atoms. The van der Waals surface area contributed by atoms with Crippen LogP contribution >= 0.6 is 11.6 Å². The minimum Gasteiger partial charge on any atom is -0.484 e. The molecule has 4 nitrogen and oxygen atoms in total. The Morgan fingerprint density at radius 2 is 1.62 bits per heavy atom. The molecule has 0 saturated carbocycles. The molecule has 3 rings (SSSR count). The van der Waals surface area contributed by atoms with Crippen LogP contribution in [0.2, 0.25) is 5.02 Å². The maximum Gasteiger partial charge on any atom is 0.262 e. The van der Waals surface area contributed by atoms with Crippen molar-refractivity contribution < 1.29 is 14.3 Å². The van der Waals surface area contributed by atoms with Gasteiger partial charge in [0, 0.05) is 10.7 Å². The molecule has 0 atom stereocenters. The van der Waals surface area contributed by atoms with Gasteiger partial charge in [0.15, 0.2) is 6.61 Å². The number of hydrogen-bond donors (Lipinski definition) is 1. The van der Waals surface area contributed by atoms with E-state index in [0.29, 0.717) is 22.2 Å². The van der Waals surface area contributed by atoms with Crippen molar-refractivity contribution in [3.8, 4) is 17.2 Å². The maximum atomic E-state index is 12.0. The normalized spacial score (nSPS) is 10.2. The molecule has 0 aromatic heterocycles. The summed E-state index contributed by atoms with van der Waals surface area (Å²) in [6.45, 7) is 1.93. The Bertz CT molecular complexity index is 877. The predicted molar refractivity (Wildman–Crippen MR) is 103 cm³/mol. The third-order valence-corrected chi connectivity index (χ3v) is 3.80. The number of carbonyl (C=O) groups excluding carboxylic acids is 1. The Morgan fingerprint density at radius 3 is 2.31 bits per heavy atom. The van der Waals surface area contributed by atoms with Crippen LogP contribution in [-0.4, -0.2) is 12.5 Å². The molecular weight excluding hydrogens is 350 g/mol. The molecule has 0 heterocycles. The highest BCUT2D eigenvalue weighted by atomic mass is 35.5. The van der Waals surface area contributed by atoms with E-state index in [-0.39, 0.29) is 12.5 Å². The number of halogens is 1. The number of ether oxygens (including phenoxy) is 2. The number of rotatable bonds is 6. The first-order valence-electron chi connectivity index (χ1n) is 8.11. The lowest BCUT2D eigenvalue weighted by Crippen LogP contribution is -2.20. The quantitative estimate of drug-likeness (QED) is 0.629. The molecular formula is C21H18ClNO3. The number of benzene rings is 3. The smallest absolute Gasteiger partial charge is 0.262 e. The van der Waals surface area contributed by atoms with Crippen molar-refractivity contribution >= 4 is 23.2 Å². The molecule has 132 valence electrons. The Hall–Kier alpha value is -2.98. The van der Waals surface area contributed by atoms with Crippen molar-refractivity contribution in [3.63, 3.8) is 0 Å². The van der Waals surface area contributed by atoms with Crippen molar-refractivity contribution in [1.82, 2.24) is 0 Å². The maximum absolute atomic E-state index is 12.0. The molecule has 0 fully saturated rings. The molecule has 0 unspecified atom stereocenters. The predicted octanol–water partition coefficient (Wildman–Crippen LogP) is 5.46. The van der Waals surface area contributed by atoms with Gasteiger partial charge in [0.1, 0.15) is 17.2 Å². The highest BCUT2D eigenvalue weighted by Crippen LogP contribution is 2.23. The van der Waals surface area contributed by atoms with E-state index in [9.17, 15) is 4.79 Å². The van der Waals surface area contributed by atoms with Crippen molar-refractivity contribution in [2.75, 3.05) is 11.9 Å². The second kappa shape index (κ2) is 8.41. The molecule has 0 aliphatic carbocycles. The Balaban J connectivity index is 1.51. The van der Waals surface area contributed by atoms with E-state index < -0.39 is 0 Å². The summed E-state index contributed by atoms with van der Waals surface area (Å²) in [6, 6.07) is 21.8. The van der Waals surface area contributed by atoms with E-state index in [1.807, 2.05) is 31.2 Å². The molecule has 0 aliphatic rings. The summed E-state index contributed by atoms with van der Waals surface area (Å²) in [4.78, 5) is 12.0. The summed E-state index contributed by atoms with van der Waals surface area (Å²) in [6.07, 6.45) is 0. The van der Waals surface area contributed by atoms with Gasteiger partial charge in [0.2, 0.25) is 0 Å². The monoisotopic (exact) mass is 367 g/mol. The largest absolute Gasteiger partial charge is 0.484 e. The fourth-order valence-electron chi connectivity index (χ4n) is 2.30. The summed E-state index contributed by atoms with van der Waals surface area (Å²) in [5, 5.41) is 3.40. The summed E-state index contributed by atoms with van der Waals surface area (Å²) in [5.74, 6) is 1.82. The van der Waals surface area contributed by atoms with E-state index in [0.717, 1.165) is 11.3 Å². The van der Waals surface area contributed by atoms with Gasteiger partial charge in [-0.05, 0) is 73.2 Å². The standard InChI is InChI=1S/C21H18ClNO3/c1-15-3-2-4-20(13-15)26-19-11-7-17(8-12-19)23-21(24)14-25-18-9-5-16(22)6-10-18/h2-13H,14H2,1H3,(H,23,24). The van der Waals surface area contributed by atoms with E-state index in [4.69, 9.17) is 21.1 Å². The summed E-state index contributed by atoms with van der Waals surface area (Å²) in [7, 11) is 0. The van der Waals surface area contributed by atoms with Gasteiger partial charge in [-0.3, -0.25) is 4.79 Å². The molecule has 26 heavy (non-hydrogen) atoms. The van der Waals surface area contributed by atoms with Crippen molar-refractivity contribution in [3.05, 3.63) is 83.4 Å². The molecule has 3 aromatic rings. The van der Waals surface area contributed by atoms with Crippen LogP contribution in [0, 0.1) is 6.92 Å². The van der Waals surface area contributed by atoms with Crippen LogP contribution in [0.3, 0.4) is 0 Å². The number of hydrogen-bond acceptors (Lipinski definition) is 3. The van der Waals surface area contributed by atoms with E-state index >= 15 is 0 Å². The first-order valence-corrected chi connectivity index (χ1v) is 8.49. The van der Waals surface area contributed by atoms with Crippen LogP contribution in [0.4, 0.5) is 5.69 Å². The minimum absolute atomic E-state index is 0.0802. The fourth-order valence-corrected chi connectivity index (χ4v) is 2.42. The van der Waals surface area contributed by atoms with Crippen LogP contribution in [-0.2, 0) is 4.79 Å². The topological polar surface area (TPSA) is 47.6 Å². The van der Waals surface area contributed by atoms with Gasteiger partial charge in [-0.25, -0.2) is 0 Å². The highest BCUT2D eigenvalue weighted by Gasteiger charge is 2.05. The Labute approximate surface area is 157 Å². The molecule has 0 bridgehead atoms. The molecule has 0 saturated heterocycles. The number of aryl methyl sites for hydroxylation is 1. The lowest BCUT2D eigenvalue weighted by molar-refractivity contribution is -0.118. The zero-order valence-electron chi connectivity index (χ0n) is 14.2. The van der Waals surface area contributed by atoms with E-state index in [1.165, 1.54) is 0 Å². The van der Waals surface area contributed by atoms with Crippen molar-refractivity contribution in [2.45, 2.75) is 6.92 Å². The van der Waals surface area contributed by atoms with Crippen LogP contribution in [0.25, 0.3) is 0 Å². The summed E-state index contributed by atoms with van der Waals surface area (Å²) < 4.78 is 11.2. The van der Waals surface area contributed by atoms with Gasteiger partial charge < -0.3 is 14.8 Å². The fraction of sp³-hybridized carbons (Fsp3) is 0.0952. The molecule has 3 aromatic carbocycles. The van der Waals surface area contributed by atoms with Crippen LogP contribution in [0.5, 0.6) is 17.2 Å². The zero-order chi connectivity index (χ0) is 18.4. The number of carbonyl (C=O) groups is 1. The summed E-state index contributed by atoms with van der Waals surface area (Å²) >= 11 is 5.81. The van der Waals surface area contributed by atoms with Gasteiger partial charge in [-0.1, -0.05) is 23.7 Å². The van der Waals surface area contributed by atoms with Crippen LogP contribution in [0.1, 0.15) is 5.56 Å². The van der Waals surface area contributed by atoms with E-state index in [1.54, 1.807) is 48.5 Å². The van der Waals surface area contributed by atoms with Gasteiger partial charge in [0.25, 0.3) is 5.91 Å². The molecule has 0 aliphatic heterocycles. The van der Waals surface area contributed by atoms with E-state index in [2.05, 4.69) is 5.32 Å². The van der Waals surface area contributed by atoms with Gasteiger partial charge in [-0.2, -0.15) is 0 Å². The van der Waals surface area contributed by atoms with Crippen LogP contribution < -0.4 is 14.8 Å². The second-order valence-electron chi connectivity index (χ2n) is 5.73. The SMILES string of the molecule is Cc1cccc(Oc2ccc(NC(=O)COc3ccc(Cl)cc3)cc2)c1. The second-order valence-corrected chi connectivity index (χ2v) is 6.17. The van der Waals surface area contributed by atoms with Crippen molar-refractivity contribution in [1.29, 1.82) is 0 Å². The average molecular weight is 368 g/mol. The molecule has 1 N–H and O–H groups in total. The van der Waals surface area contributed by atoms with Crippen LogP contribution in [0.15, 0.2) is 72.8 Å². The third kappa shape index (κ3) is 5.26. The molecule has 5 heteroatoms. The van der Waals surface area contributed by atoms with Gasteiger partial charge in [-0.15, -0.1) is 0 Å². The Kier molecular flexibility index (Phi) is 5.77. The Morgan fingerprint density at radius 1 is 0.923 bits per heavy atom. The first-order chi connectivity index (χ1) is 12.6. The molecule has 0 radical (unpaired) electrons.